The molecule has 5 aromatic carbocycles. The Bertz CT molecular complexity index is 2920. The molecule has 2 atom stereocenters. The Hall–Kier alpha value is -7.51. The number of oxime groups is 1. The number of hydrogen-bond donors (Lipinski definition) is 2. The number of esters is 2. The first-order valence-electron chi connectivity index (χ1n) is 23.4. The smallest absolute Gasteiger partial charge is 0.356 e. The standard InChI is InChI=1S/C57H55N5O7S2Si/c1-56(2,3)69-46(63)36-67-61-47(45-38-71-55(58-45)60-57(42-29-16-9-17-30-42,43-31-18-10-19-32-43)44-33-20-11-21-34-44)51(64)59-48-52(65)62-49(41(37-70-53(48)62)28-22-23-35-72(4,5)6)54(66)68-50(39-24-12-7-13-25-39)40-26-14-8-15-27-40/h7-22,24-34,38,48,50,53H,36-37H2,1-6H3,(H,58,60)(H,59,64)/t48-,53-/m1/s1. The third-order valence-corrected chi connectivity index (χ3v) is 14.3. The normalized spacial score (nSPS) is 16.0. The first-order valence-corrected chi connectivity index (χ1v) is 28.9. The van der Waals surface area contributed by atoms with Gasteiger partial charge in [-0.1, -0.05) is 182 Å². The second-order valence-corrected chi connectivity index (χ2v) is 25.7. The molecule has 12 nitrogen and oxygen atoms in total. The molecule has 0 aliphatic carbocycles. The zero-order valence-electron chi connectivity index (χ0n) is 40.8. The number of benzene rings is 5. The van der Waals surface area contributed by atoms with Gasteiger partial charge in [-0.3, -0.25) is 14.5 Å². The monoisotopic (exact) mass is 1010 g/mol. The van der Waals surface area contributed by atoms with Crippen molar-refractivity contribution in [1.29, 1.82) is 0 Å². The molecule has 8 rings (SSSR count). The van der Waals surface area contributed by atoms with Crippen LogP contribution in [0.15, 0.2) is 186 Å². The maximum absolute atomic E-state index is 14.6. The molecular formula is C57H55N5O7S2Si. The number of thioether (sulfide) groups is 1. The van der Waals surface area contributed by atoms with Gasteiger partial charge < -0.3 is 24.9 Å². The second kappa shape index (κ2) is 22.3. The van der Waals surface area contributed by atoms with Crippen molar-refractivity contribution in [3.8, 4) is 11.5 Å². The van der Waals surface area contributed by atoms with Gasteiger partial charge in [0.25, 0.3) is 11.8 Å². The number of fused-ring (bicyclic) bond motifs is 1. The lowest BCUT2D eigenvalue weighted by atomic mass is 9.77. The van der Waals surface area contributed by atoms with Crippen LogP contribution in [0.4, 0.5) is 5.13 Å². The van der Waals surface area contributed by atoms with Gasteiger partial charge in [-0.25, -0.2) is 14.6 Å². The zero-order valence-corrected chi connectivity index (χ0v) is 43.5. The zero-order chi connectivity index (χ0) is 50.9. The Labute approximate surface area is 429 Å². The summed E-state index contributed by atoms with van der Waals surface area (Å²) in [4.78, 5) is 68.3. The molecule has 2 amide bonds. The second-order valence-electron chi connectivity index (χ2n) is 19.0. The van der Waals surface area contributed by atoms with E-state index >= 15 is 0 Å². The molecular weight excluding hydrogens is 959 g/mol. The molecule has 3 heterocycles. The molecule has 366 valence electrons. The van der Waals surface area contributed by atoms with Crippen molar-refractivity contribution in [3.05, 3.63) is 214 Å². The first kappa shape index (κ1) is 50.9. The molecule has 0 radical (unpaired) electrons. The number of carbonyl (C=O) groups excluding carboxylic acids is 4. The number of allylic oxidation sites excluding steroid dienone is 2. The molecule has 0 saturated carbocycles. The van der Waals surface area contributed by atoms with Crippen LogP contribution in [0.1, 0.15) is 60.4 Å². The third kappa shape index (κ3) is 12.0. The third-order valence-electron chi connectivity index (χ3n) is 11.4. The van der Waals surface area contributed by atoms with Crippen LogP contribution in [0.2, 0.25) is 19.6 Å². The predicted molar refractivity (Wildman–Crippen MR) is 286 cm³/mol. The fraction of sp³-hybridized carbons (Fsp3) is 0.228. The van der Waals surface area contributed by atoms with Crippen molar-refractivity contribution < 1.29 is 33.5 Å². The summed E-state index contributed by atoms with van der Waals surface area (Å²) in [6, 6.07) is 47.7. The van der Waals surface area contributed by atoms with E-state index in [-0.39, 0.29) is 17.1 Å². The summed E-state index contributed by atoms with van der Waals surface area (Å²) in [6.07, 6.45) is 2.69. The minimum Gasteiger partial charge on any atom is -0.457 e. The lowest BCUT2D eigenvalue weighted by molar-refractivity contribution is -0.160. The van der Waals surface area contributed by atoms with Gasteiger partial charge in [-0.15, -0.1) is 28.6 Å². The minimum atomic E-state index is -1.72. The molecule has 72 heavy (non-hydrogen) atoms. The van der Waals surface area contributed by atoms with Crippen molar-refractivity contribution in [2.24, 2.45) is 5.16 Å². The van der Waals surface area contributed by atoms with Crippen molar-refractivity contribution in [1.82, 2.24) is 15.2 Å². The van der Waals surface area contributed by atoms with Gasteiger partial charge in [0, 0.05) is 11.1 Å². The van der Waals surface area contributed by atoms with Gasteiger partial charge in [0.2, 0.25) is 6.61 Å². The van der Waals surface area contributed by atoms with E-state index in [1.165, 1.54) is 28.0 Å². The van der Waals surface area contributed by atoms with Gasteiger partial charge >= 0.3 is 11.9 Å². The largest absolute Gasteiger partial charge is 0.457 e. The van der Waals surface area contributed by atoms with Gasteiger partial charge in [0.15, 0.2) is 16.9 Å². The number of ether oxygens (including phenoxy) is 2. The van der Waals surface area contributed by atoms with E-state index in [1.807, 2.05) is 152 Å². The van der Waals surface area contributed by atoms with Crippen LogP contribution >= 0.6 is 23.1 Å². The van der Waals surface area contributed by atoms with E-state index in [2.05, 4.69) is 46.9 Å². The molecule has 0 spiro atoms. The maximum atomic E-state index is 14.6. The number of rotatable bonds is 16. The molecule has 1 aromatic heterocycles. The summed E-state index contributed by atoms with van der Waals surface area (Å²) in [5.41, 5.74) is 6.38. The summed E-state index contributed by atoms with van der Waals surface area (Å²) in [7, 11) is -1.72. The highest BCUT2D eigenvalue weighted by Crippen LogP contribution is 2.43. The average molecular weight is 1010 g/mol. The average Bonchev–Trinajstić information content (AvgIpc) is 3.84. The van der Waals surface area contributed by atoms with Gasteiger partial charge in [0.05, 0.1) is 0 Å². The lowest BCUT2D eigenvalue weighted by Gasteiger charge is -2.49. The SMILES string of the molecule is CC(C)(C)OC(=O)CON=C(C(=O)N[C@@H]1C(=O)N2C(C(=O)OC(c3ccccc3)c3ccccc3)=C(C=CC#C[Si](C)(C)C)CS[C@H]12)c1csc(NC(c2ccccc2)(c2ccccc2)c2ccccc2)n1. The quantitative estimate of drug-likeness (QED) is 0.0183. The van der Waals surface area contributed by atoms with Crippen LogP contribution in [0.5, 0.6) is 0 Å². The number of nitrogens with zero attached hydrogens (tertiary/aromatic N) is 3. The number of aromatic nitrogens is 1. The number of carbonyl (C=O) groups is 4. The van der Waals surface area contributed by atoms with E-state index in [0.717, 1.165) is 27.8 Å². The highest BCUT2D eigenvalue weighted by Gasteiger charge is 2.55. The van der Waals surface area contributed by atoms with Crippen molar-refractivity contribution in [2.75, 3.05) is 17.7 Å². The number of amides is 2. The number of β-lactam (4-membered cyclic amide) rings is 1. The Morgan fingerprint density at radius 2 is 1.35 bits per heavy atom. The Morgan fingerprint density at radius 1 is 0.819 bits per heavy atom. The van der Waals surface area contributed by atoms with Crippen molar-refractivity contribution >= 4 is 65.8 Å². The van der Waals surface area contributed by atoms with Gasteiger partial charge in [0.1, 0.15) is 42.0 Å². The van der Waals surface area contributed by atoms with E-state index in [4.69, 9.17) is 19.3 Å². The molecule has 2 aliphatic heterocycles. The van der Waals surface area contributed by atoms with E-state index in [0.29, 0.717) is 16.5 Å². The molecule has 1 fully saturated rings. The minimum absolute atomic E-state index is 0.0701. The fourth-order valence-corrected chi connectivity index (χ4v) is 10.8. The Balaban J connectivity index is 1.11. The number of nitrogens with one attached hydrogen (secondary N) is 2. The Morgan fingerprint density at radius 3 is 1.86 bits per heavy atom. The van der Waals surface area contributed by atoms with E-state index in [1.54, 1.807) is 38.3 Å². The lowest BCUT2D eigenvalue weighted by Crippen LogP contribution is -2.71. The van der Waals surface area contributed by atoms with Crippen LogP contribution in [0.25, 0.3) is 0 Å². The van der Waals surface area contributed by atoms with Crippen LogP contribution < -0.4 is 10.6 Å². The fourth-order valence-electron chi connectivity index (χ4n) is 8.22. The summed E-state index contributed by atoms with van der Waals surface area (Å²) in [5, 5.41) is 12.2. The number of anilines is 1. The van der Waals surface area contributed by atoms with Crippen LogP contribution in [-0.2, 0) is 39.0 Å². The van der Waals surface area contributed by atoms with Crippen molar-refractivity contribution in [2.45, 2.75) is 69.1 Å². The predicted octanol–water partition coefficient (Wildman–Crippen LogP) is 10.0. The molecule has 2 aliphatic rings. The summed E-state index contributed by atoms with van der Waals surface area (Å²) < 4.78 is 11.8. The first-order chi connectivity index (χ1) is 34.6. The Kier molecular flexibility index (Phi) is 15.7. The van der Waals surface area contributed by atoms with E-state index < -0.39 is 67.1 Å². The van der Waals surface area contributed by atoms with Crippen LogP contribution in [0, 0.1) is 11.5 Å². The molecule has 1 saturated heterocycles. The number of thiazole rings is 1. The molecule has 2 N–H and O–H groups in total. The van der Waals surface area contributed by atoms with Crippen LogP contribution in [-0.4, -0.2) is 76.8 Å². The molecule has 6 aromatic rings. The van der Waals surface area contributed by atoms with Gasteiger partial charge in [-0.2, -0.15) is 0 Å². The summed E-state index contributed by atoms with van der Waals surface area (Å²) >= 11 is 2.63. The molecule has 0 bridgehead atoms. The van der Waals surface area contributed by atoms with Crippen LogP contribution in [0.3, 0.4) is 0 Å². The topological polar surface area (TPSA) is 149 Å². The van der Waals surface area contributed by atoms with Crippen molar-refractivity contribution in [3.63, 3.8) is 0 Å². The maximum Gasteiger partial charge on any atom is 0.356 e. The van der Waals surface area contributed by atoms with Gasteiger partial charge in [-0.05, 0) is 66.3 Å². The highest BCUT2D eigenvalue weighted by atomic mass is 32.2. The molecule has 15 heteroatoms. The summed E-state index contributed by atoms with van der Waals surface area (Å²) in [6.45, 7) is 11.0. The number of hydrogen-bond acceptors (Lipinski definition) is 12. The molecule has 0 unspecified atom stereocenters. The summed E-state index contributed by atoms with van der Waals surface area (Å²) in [5.74, 6) is 0.719. The highest BCUT2D eigenvalue weighted by molar-refractivity contribution is 8.00. The van der Waals surface area contributed by atoms with E-state index in [9.17, 15) is 19.2 Å².